The quantitative estimate of drug-likeness (QED) is 0.652. The number of carboxylic acids is 1. The molecule has 4 rings (SSSR count). The van der Waals surface area contributed by atoms with Crippen molar-refractivity contribution in [2.24, 2.45) is 5.92 Å². The predicted octanol–water partition coefficient (Wildman–Crippen LogP) is 2.15. The lowest BCUT2D eigenvalue weighted by molar-refractivity contribution is -0.147. The van der Waals surface area contributed by atoms with Crippen molar-refractivity contribution in [3.8, 4) is 0 Å². The smallest absolute Gasteiger partial charge is 0.335 e. The van der Waals surface area contributed by atoms with Crippen LogP contribution in [-0.4, -0.2) is 67.0 Å². The average molecular weight is 466 g/mol. The Kier molecular flexibility index (Phi) is 6.93. The van der Waals surface area contributed by atoms with Crippen molar-refractivity contribution in [2.75, 3.05) is 43.1 Å². The first kappa shape index (κ1) is 23.4. The number of ether oxygens (including phenoxy) is 1. The lowest BCUT2D eigenvalue weighted by Crippen LogP contribution is -2.51. The van der Waals surface area contributed by atoms with Gasteiger partial charge in [0.2, 0.25) is 11.8 Å². The number of benzene rings is 2. The SMILES string of the molecule is COC(=O)C1CCN(CC(=O)N2CC(=O)N(Cc3ccccc3)c3ccc(C(=O)O)cc32)CC1. The van der Waals surface area contributed by atoms with Crippen molar-refractivity contribution >= 4 is 35.1 Å². The Hall–Kier alpha value is -3.72. The van der Waals surface area contributed by atoms with E-state index in [2.05, 4.69) is 0 Å². The third-order valence-corrected chi connectivity index (χ3v) is 6.36. The van der Waals surface area contributed by atoms with Crippen LogP contribution in [0.15, 0.2) is 48.5 Å². The van der Waals surface area contributed by atoms with E-state index >= 15 is 0 Å². The van der Waals surface area contributed by atoms with Gasteiger partial charge in [0.25, 0.3) is 0 Å². The van der Waals surface area contributed by atoms with Crippen LogP contribution >= 0.6 is 0 Å². The molecule has 2 aromatic rings. The molecule has 2 aromatic carbocycles. The van der Waals surface area contributed by atoms with Crippen molar-refractivity contribution in [3.05, 3.63) is 59.7 Å². The van der Waals surface area contributed by atoms with Gasteiger partial charge in [0, 0.05) is 0 Å². The first-order valence-corrected chi connectivity index (χ1v) is 11.2. The number of amides is 2. The van der Waals surface area contributed by atoms with Crippen LogP contribution in [0.25, 0.3) is 0 Å². The highest BCUT2D eigenvalue weighted by atomic mass is 16.5. The molecule has 1 fully saturated rings. The number of hydrogen-bond donors (Lipinski definition) is 1. The second-order valence-electron chi connectivity index (χ2n) is 8.53. The van der Waals surface area contributed by atoms with Gasteiger partial charge in [0.15, 0.2) is 0 Å². The molecule has 1 N–H and O–H groups in total. The summed E-state index contributed by atoms with van der Waals surface area (Å²) in [6, 6.07) is 14.0. The van der Waals surface area contributed by atoms with Crippen LogP contribution in [0.5, 0.6) is 0 Å². The summed E-state index contributed by atoms with van der Waals surface area (Å²) in [6.45, 7) is 1.37. The van der Waals surface area contributed by atoms with E-state index < -0.39 is 5.97 Å². The van der Waals surface area contributed by atoms with Gasteiger partial charge < -0.3 is 14.7 Å². The summed E-state index contributed by atoms with van der Waals surface area (Å²) >= 11 is 0. The predicted molar refractivity (Wildman–Crippen MR) is 125 cm³/mol. The van der Waals surface area contributed by atoms with Gasteiger partial charge in [0.1, 0.15) is 6.54 Å². The van der Waals surface area contributed by atoms with Crippen molar-refractivity contribution < 1.29 is 29.0 Å². The van der Waals surface area contributed by atoms with Gasteiger partial charge in [-0.25, -0.2) is 4.79 Å². The molecule has 0 aliphatic carbocycles. The Morgan fingerprint density at radius 1 is 1.03 bits per heavy atom. The maximum Gasteiger partial charge on any atom is 0.335 e. The molecule has 2 amide bonds. The average Bonchev–Trinajstić information content (AvgIpc) is 2.85. The van der Waals surface area contributed by atoms with Gasteiger partial charge >= 0.3 is 11.9 Å². The summed E-state index contributed by atoms with van der Waals surface area (Å²) in [5.74, 6) is -2.03. The third-order valence-electron chi connectivity index (χ3n) is 6.36. The van der Waals surface area contributed by atoms with Gasteiger partial charge in [-0.15, -0.1) is 0 Å². The molecule has 178 valence electrons. The van der Waals surface area contributed by atoms with E-state index in [0.29, 0.717) is 43.9 Å². The standard InChI is InChI=1S/C25H27N3O6/c1-34-25(33)18-9-11-26(12-10-18)15-22(29)28-16-23(30)27(14-17-5-3-2-4-6-17)20-8-7-19(24(31)32)13-21(20)28/h2-8,13,18H,9-12,14-16H2,1H3,(H,31,32). The van der Waals surface area contributed by atoms with E-state index in [0.717, 1.165) is 5.56 Å². The first-order chi connectivity index (χ1) is 16.4. The summed E-state index contributed by atoms with van der Waals surface area (Å²) in [7, 11) is 1.37. The molecule has 0 unspecified atom stereocenters. The Bertz CT molecular complexity index is 1100. The molecule has 0 atom stereocenters. The number of methoxy groups -OCH3 is 1. The number of aromatic carboxylic acids is 1. The zero-order valence-electron chi connectivity index (χ0n) is 19.0. The fourth-order valence-electron chi connectivity index (χ4n) is 4.47. The molecule has 34 heavy (non-hydrogen) atoms. The Labute approximate surface area is 197 Å². The van der Waals surface area contributed by atoms with Crippen LogP contribution in [0.1, 0.15) is 28.8 Å². The summed E-state index contributed by atoms with van der Waals surface area (Å²) in [5, 5.41) is 9.49. The van der Waals surface area contributed by atoms with Gasteiger partial charge in [-0.3, -0.25) is 24.2 Å². The minimum absolute atomic E-state index is 0.0458. The second kappa shape index (κ2) is 10.0. The van der Waals surface area contributed by atoms with Crippen molar-refractivity contribution in [1.29, 1.82) is 0 Å². The second-order valence-corrected chi connectivity index (χ2v) is 8.53. The number of nitrogens with zero attached hydrogens (tertiary/aromatic N) is 3. The van der Waals surface area contributed by atoms with Crippen LogP contribution in [0.4, 0.5) is 11.4 Å². The van der Waals surface area contributed by atoms with Crippen LogP contribution in [0.3, 0.4) is 0 Å². The summed E-state index contributed by atoms with van der Waals surface area (Å²) in [6.07, 6.45) is 1.20. The van der Waals surface area contributed by atoms with Crippen LogP contribution in [-0.2, 0) is 25.7 Å². The Morgan fingerprint density at radius 2 is 1.74 bits per heavy atom. The Balaban J connectivity index is 1.55. The number of piperidine rings is 1. The zero-order chi connectivity index (χ0) is 24.2. The van der Waals surface area contributed by atoms with E-state index in [1.165, 1.54) is 24.1 Å². The largest absolute Gasteiger partial charge is 0.478 e. The topological polar surface area (TPSA) is 107 Å². The van der Waals surface area contributed by atoms with E-state index in [1.54, 1.807) is 11.0 Å². The Morgan fingerprint density at radius 3 is 2.38 bits per heavy atom. The number of rotatable bonds is 6. The van der Waals surface area contributed by atoms with Crippen molar-refractivity contribution in [3.63, 3.8) is 0 Å². The lowest BCUT2D eigenvalue weighted by Gasteiger charge is -2.38. The fourth-order valence-corrected chi connectivity index (χ4v) is 4.47. The number of esters is 1. The number of anilines is 2. The van der Waals surface area contributed by atoms with Crippen LogP contribution in [0.2, 0.25) is 0 Å². The molecule has 0 radical (unpaired) electrons. The molecule has 2 aliphatic heterocycles. The number of carbonyl (C=O) groups is 4. The summed E-state index contributed by atoms with van der Waals surface area (Å²) in [4.78, 5) is 54.6. The number of carboxylic acid groups (broad SMARTS) is 1. The highest BCUT2D eigenvalue weighted by Gasteiger charge is 2.35. The van der Waals surface area contributed by atoms with E-state index in [9.17, 15) is 24.3 Å². The van der Waals surface area contributed by atoms with E-state index in [1.807, 2.05) is 35.2 Å². The molecule has 2 aliphatic rings. The highest BCUT2D eigenvalue weighted by molar-refractivity contribution is 6.12. The minimum atomic E-state index is -1.11. The summed E-state index contributed by atoms with van der Waals surface area (Å²) < 4.78 is 4.81. The molecule has 0 spiro atoms. The van der Waals surface area contributed by atoms with Gasteiger partial charge in [0.05, 0.1) is 43.1 Å². The van der Waals surface area contributed by atoms with Gasteiger partial charge in [-0.05, 0) is 49.7 Å². The molecule has 1 saturated heterocycles. The highest BCUT2D eigenvalue weighted by Crippen LogP contribution is 2.36. The van der Waals surface area contributed by atoms with Crippen molar-refractivity contribution in [1.82, 2.24) is 4.90 Å². The molecular weight excluding hydrogens is 438 g/mol. The molecule has 0 saturated carbocycles. The number of hydrogen-bond acceptors (Lipinski definition) is 6. The molecule has 9 heteroatoms. The van der Waals surface area contributed by atoms with Crippen LogP contribution in [0, 0.1) is 5.92 Å². The number of carbonyl (C=O) groups excluding carboxylic acids is 3. The van der Waals surface area contributed by atoms with Crippen molar-refractivity contribution in [2.45, 2.75) is 19.4 Å². The molecule has 0 aromatic heterocycles. The third kappa shape index (κ3) is 4.94. The first-order valence-electron chi connectivity index (χ1n) is 11.2. The molecule has 2 heterocycles. The zero-order valence-corrected chi connectivity index (χ0v) is 19.0. The normalized spacial score (nSPS) is 16.8. The van der Waals surface area contributed by atoms with E-state index in [4.69, 9.17) is 4.74 Å². The van der Waals surface area contributed by atoms with Gasteiger partial charge in [-0.2, -0.15) is 0 Å². The summed E-state index contributed by atoms with van der Waals surface area (Å²) in [5.41, 5.74) is 1.88. The minimum Gasteiger partial charge on any atom is -0.478 e. The lowest BCUT2D eigenvalue weighted by atomic mass is 9.97. The molecule has 0 bridgehead atoms. The molecule has 9 nitrogen and oxygen atoms in total. The fraction of sp³-hybridized carbons (Fsp3) is 0.360. The number of likely N-dealkylation sites (tertiary alicyclic amines) is 1. The van der Waals surface area contributed by atoms with Gasteiger partial charge in [-0.1, -0.05) is 30.3 Å². The maximum absolute atomic E-state index is 13.3. The maximum atomic E-state index is 13.3. The molecular formula is C25H27N3O6. The number of fused-ring (bicyclic) bond motifs is 1. The van der Waals surface area contributed by atoms with Crippen LogP contribution < -0.4 is 9.80 Å². The monoisotopic (exact) mass is 465 g/mol. The van der Waals surface area contributed by atoms with E-state index in [-0.39, 0.29) is 42.4 Å².